The van der Waals surface area contributed by atoms with Crippen LogP contribution in [0.15, 0.2) is 53.4 Å². The predicted molar refractivity (Wildman–Crippen MR) is 102 cm³/mol. The van der Waals surface area contributed by atoms with E-state index in [1.807, 2.05) is 26.0 Å². The molecule has 2 rings (SSSR count). The van der Waals surface area contributed by atoms with E-state index in [2.05, 4.69) is 5.32 Å². The van der Waals surface area contributed by atoms with E-state index in [0.717, 1.165) is 15.9 Å². The molecule has 0 bridgehead atoms. The van der Waals surface area contributed by atoms with E-state index in [1.165, 1.54) is 25.2 Å². The Hall–Kier alpha value is -2.78. The second kappa shape index (κ2) is 8.28. The maximum Gasteiger partial charge on any atom is 0.270 e. The molecule has 1 amide bonds. The molecule has 0 aliphatic heterocycles. The minimum absolute atomic E-state index is 0.188. The molecule has 1 N–H and O–H groups in total. The van der Waals surface area contributed by atoms with Crippen LogP contribution in [-0.2, 0) is 14.8 Å². The molecule has 144 valence electrons. The summed E-state index contributed by atoms with van der Waals surface area (Å²) in [7, 11) is -2.79. The van der Waals surface area contributed by atoms with Crippen molar-refractivity contribution in [1.82, 2.24) is 4.31 Å². The van der Waals surface area contributed by atoms with Crippen molar-refractivity contribution in [2.75, 3.05) is 18.9 Å². The van der Waals surface area contributed by atoms with Crippen LogP contribution in [0.3, 0.4) is 0 Å². The molecule has 0 aliphatic carbocycles. The predicted octanol–water partition coefficient (Wildman–Crippen LogP) is 2.98. The van der Waals surface area contributed by atoms with Gasteiger partial charge in [0.1, 0.15) is 0 Å². The van der Waals surface area contributed by atoms with Crippen LogP contribution in [0.1, 0.15) is 25.3 Å². The van der Waals surface area contributed by atoms with E-state index in [-0.39, 0.29) is 16.5 Å². The normalized spacial score (nSPS) is 11.6. The Kier molecular flexibility index (Phi) is 6.29. The quantitative estimate of drug-likeness (QED) is 0.576. The average Bonchev–Trinajstić information content (AvgIpc) is 2.61. The van der Waals surface area contributed by atoms with Crippen molar-refractivity contribution >= 4 is 27.3 Å². The molecule has 0 atom stereocenters. The van der Waals surface area contributed by atoms with Gasteiger partial charge in [-0.05, 0) is 23.6 Å². The summed E-state index contributed by atoms with van der Waals surface area (Å²) in [5.74, 6) is -0.313. The fourth-order valence-corrected chi connectivity index (χ4v) is 3.70. The Morgan fingerprint density at radius 1 is 1.19 bits per heavy atom. The number of anilines is 1. The number of nitrogens with one attached hydrogen (secondary N) is 1. The Morgan fingerprint density at radius 3 is 2.48 bits per heavy atom. The van der Waals surface area contributed by atoms with Crippen molar-refractivity contribution < 1.29 is 18.1 Å². The summed E-state index contributed by atoms with van der Waals surface area (Å²) in [5, 5.41) is 13.6. The number of rotatable bonds is 7. The lowest BCUT2D eigenvalue weighted by Crippen LogP contribution is -2.35. The number of benzene rings is 2. The number of non-ortho nitro benzene ring substituents is 1. The maximum atomic E-state index is 12.6. The van der Waals surface area contributed by atoms with Gasteiger partial charge < -0.3 is 5.32 Å². The molecule has 0 aromatic heterocycles. The van der Waals surface area contributed by atoms with Gasteiger partial charge in [0.2, 0.25) is 15.9 Å². The van der Waals surface area contributed by atoms with Gasteiger partial charge in [0, 0.05) is 24.9 Å². The molecule has 0 saturated heterocycles. The van der Waals surface area contributed by atoms with Gasteiger partial charge in [-0.3, -0.25) is 14.9 Å². The van der Waals surface area contributed by atoms with E-state index >= 15 is 0 Å². The molecular weight excluding hydrogens is 370 g/mol. The van der Waals surface area contributed by atoms with E-state index in [4.69, 9.17) is 0 Å². The number of nitro benzene ring substituents is 1. The van der Waals surface area contributed by atoms with Gasteiger partial charge in [0.25, 0.3) is 5.69 Å². The van der Waals surface area contributed by atoms with Crippen molar-refractivity contribution in [3.05, 3.63) is 64.2 Å². The highest BCUT2D eigenvalue weighted by molar-refractivity contribution is 7.89. The molecular formula is C18H21N3O5S. The van der Waals surface area contributed by atoms with E-state index in [9.17, 15) is 23.3 Å². The monoisotopic (exact) mass is 391 g/mol. The van der Waals surface area contributed by atoms with E-state index < -0.39 is 27.4 Å². The highest BCUT2D eigenvalue weighted by Gasteiger charge is 2.25. The van der Waals surface area contributed by atoms with Crippen LogP contribution in [0.5, 0.6) is 0 Å². The number of nitrogens with zero attached hydrogens (tertiary/aromatic N) is 2. The Bertz CT molecular complexity index is 957. The standard InChI is InChI=1S/C18H21N3O5S/c1-13(2)16-9-4-5-10-17(16)19-18(22)12-20(3)27(25,26)15-8-6-7-14(11-15)21(23)24/h4-11,13H,12H2,1-3H3,(H,19,22). The van der Waals surface area contributed by atoms with Crippen LogP contribution >= 0.6 is 0 Å². The molecule has 0 spiro atoms. The first-order chi connectivity index (χ1) is 12.6. The lowest BCUT2D eigenvalue weighted by Gasteiger charge is -2.18. The molecule has 9 heteroatoms. The summed E-state index contributed by atoms with van der Waals surface area (Å²) >= 11 is 0. The van der Waals surface area contributed by atoms with Crippen LogP contribution < -0.4 is 5.32 Å². The second-order valence-electron chi connectivity index (χ2n) is 6.31. The highest BCUT2D eigenvalue weighted by atomic mass is 32.2. The lowest BCUT2D eigenvalue weighted by atomic mass is 10.0. The first-order valence-electron chi connectivity index (χ1n) is 8.22. The Morgan fingerprint density at radius 2 is 1.85 bits per heavy atom. The minimum Gasteiger partial charge on any atom is -0.325 e. The van der Waals surface area contributed by atoms with Gasteiger partial charge >= 0.3 is 0 Å². The van der Waals surface area contributed by atoms with E-state index in [0.29, 0.717) is 5.69 Å². The molecule has 0 fully saturated rings. The number of likely N-dealkylation sites (N-methyl/N-ethyl adjacent to an activating group) is 1. The van der Waals surface area contributed by atoms with Crippen LogP contribution in [0, 0.1) is 10.1 Å². The van der Waals surface area contributed by atoms with Crippen molar-refractivity contribution in [1.29, 1.82) is 0 Å². The second-order valence-corrected chi connectivity index (χ2v) is 8.35. The third kappa shape index (κ3) is 4.89. The van der Waals surface area contributed by atoms with Gasteiger partial charge in [-0.15, -0.1) is 0 Å². The van der Waals surface area contributed by atoms with Gasteiger partial charge in [0.15, 0.2) is 0 Å². The number of amides is 1. The van der Waals surface area contributed by atoms with Gasteiger partial charge in [-0.2, -0.15) is 4.31 Å². The topological polar surface area (TPSA) is 110 Å². The molecule has 2 aromatic rings. The molecule has 0 radical (unpaired) electrons. The maximum absolute atomic E-state index is 12.6. The largest absolute Gasteiger partial charge is 0.325 e. The van der Waals surface area contributed by atoms with Crippen molar-refractivity contribution in [3.8, 4) is 0 Å². The lowest BCUT2D eigenvalue weighted by molar-refractivity contribution is -0.385. The first kappa shape index (κ1) is 20.5. The summed E-state index contributed by atoms with van der Waals surface area (Å²) in [6.45, 7) is 3.56. The minimum atomic E-state index is -4.04. The zero-order valence-corrected chi connectivity index (χ0v) is 16.1. The van der Waals surface area contributed by atoms with Gasteiger partial charge in [-0.1, -0.05) is 38.1 Å². The number of carbonyl (C=O) groups is 1. The van der Waals surface area contributed by atoms with Crippen LogP contribution in [-0.4, -0.2) is 37.1 Å². The van der Waals surface area contributed by atoms with Crippen LogP contribution in [0.25, 0.3) is 0 Å². The number of carbonyl (C=O) groups excluding carboxylic acids is 1. The fraction of sp³-hybridized carbons (Fsp3) is 0.278. The van der Waals surface area contributed by atoms with Crippen molar-refractivity contribution in [2.24, 2.45) is 0 Å². The van der Waals surface area contributed by atoms with Crippen LogP contribution in [0.2, 0.25) is 0 Å². The molecule has 0 saturated carbocycles. The molecule has 8 nitrogen and oxygen atoms in total. The zero-order chi connectivity index (χ0) is 20.2. The first-order valence-corrected chi connectivity index (χ1v) is 9.66. The van der Waals surface area contributed by atoms with Gasteiger partial charge in [-0.25, -0.2) is 8.42 Å². The number of para-hydroxylation sites is 1. The summed E-state index contributed by atoms with van der Waals surface area (Å²) < 4.78 is 26.0. The molecule has 27 heavy (non-hydrogen) atoms. The number of hydrogen-bond acceptors (Lipinski definition) is 5. The van der Waals surface area contributed by atoms with E-state index in [1.54, 1.807) is 12.1 Å². The van der Waals surface area contributed by atoms with Crippen LogP contribution in [0.4, 0.5) is 11.4 Å². The third-order valence-corrected chi connectivity index (χ3v) is 5.76. The molecule has 0 unspecified atom stereocenters. The van der Waals surface area contributed by atoms with Crippen molar-refractivity contribution in [3.63, 3.8) is 0 Å². The number of sulfonamides is 1. The zero-order valence-electron chi connectivity index (χ0n) is 15.2. The number of hydrogen-bond donors (Lipinski definition) is 1. The van der Waals surface area contributed by atoms with Gasteiger partial charge in [0.05, 0.1) is 16.4 Å². The molecule has 0 heterocycles. The Labute approximate surface area is 158 Å². The molecule has 0 aliphatic rings. The number of nitro groups is 1. The fourth-order valence-electron chi connectivity index (χ4n) is 2.53. The summed E-state index contributed by atoms with van der Waals surface area (Å²) in [6.07, 6.45) is 0. The highest BCUT2D eigenvalue weighted by Crippen LogP contribution is 2.24. The summed E-state index contributed by atoms with van der Waals surface area (Å²) in [4.78, 5) is 22.3. The molecule has 2 aromatic carbocycles. The average molecular weight is 391 g/mol. The SMILES string of the molecule is CC(C)c1ccccc1NC(=O)CN(C)S(=O)(=O)c1cccc([N+](=O)[O-])c1. The summed E-state index contributed by atoms with van der Waals surface area (Å²) in [5.41, 5.74) is 1.23. The smallest absolute Gasteiger partial charge is 0.270 e. The third-order valence-electron chi connectivity index (χ3n) is 3.96. The van der Waals surface area contributed by atoms with Crippen molar-refractivity contribution in [2.45, 2.75) is 24.7 Å². The summed E-state index contributed by atoms with van der Waals surface area (Å²) in [6, 6.07) is 12.0. The Balaban J connectivity index is 2.16.